The Morgan fingerprint density at radius 1 is 1.44 bits per heavy atom. The van der Waals surface area contributed by atoms with Gasteiger partial charge in [-0.1, -0.05) is 0 Å². The predicted molar refractivity (Wildman–Crippen MR) is 71.9 cm³/mol. The van der Waals surface area contributed by atoms with Gasteiger partial charge in [-0.3, -0.25) is 0 Å². The molecular formula is C11H19N3O3S. The van der Waals surface area contributed by atoms with Crippen LogP contribution in [-0.4, -0.2) is 33.2 Å². The highest BCUT2D eigenvalue weighted by Gasteiger charge is 2.13. The van der Waals surface area contributed by atoms with E-state index in [1.165, 1.54) is 25.2 Å². The van der Waals surface area contributed by atoms with Gasteiger partial charge in [0.2, 0.25) is 10.0 Å². The van der Waals surface area contributed by atoms with Crippen molar-refractivity contribution in [3.8, 4) is 0 Å². The van der Waals surface area contributed by atoms with E-state index in [0.29, 0.717) is 24.3 Å². The van der Waals surface area contributed by atoms with Crippen molar-refractivity contribution in [2.75, 3.05) is 24.6 Å². The number of anilines is 2. The number of aliphatic hydroxyl groups is 1. The molecule has 18 heavy (non-hydrogen) atoms. The number of nitrogens with one attached hydrogen (secondary N) is 2. The zero-order valence-corrected chi connectivity index (χ0v) is 11.3. The van der Waals surface area contributed by atoms with Gasteiger partial charge in [-0.25, -0.2) is 13.1 Å². The molecule has 0 aliphatic rings. The summed E-state index contributed by atoms with van der Waals surface area (Å²) in [6, 6.07) is 4.46. The summed E-state index contributed by atoms with van der Waals surface area (Å²) in [4.78, 5) is 0.152. The summed E-state index contributed by atoms with van der Waals surface area (Å²) in [6.45, 7) is 2.21. The lowest BCUT2D eigenvalue weighted by Crippen LogP contribution is -2.19. The number of hydrogen-bond acceptors (Lipinski definition) is 5. The van der Waals surface area contributed by atoms with Crippen LogP contribution in [0.25, 0.3) is 0 Å². The number of nitrogen functional groups attached to an aromatic ring is 1. The van der Waals surface area contributed by atoms with Gasteiger partial charge in [0.25, 0.3) is 0 Å². The Balaban J connectivity index is 2.88. The van der Waals surface area contributed by atoms with E-state index >= 15 is 0 Å². The van der Waals surface area contributed by atoms with E-state index in [2.05, 4.69) is 10.0 Å². The maximum atomic E-state index is 11.6. The van der Waals surface area contributed by atoms with Gasteiger partial charge in [-0.15, -0.1) is 0 Å². The van der Waals surface area contributed by atoms with E-state index in [1.54, 1.807) is 6.92 Å². The van der Waals surface area contributed by atoms with E-state index in [9.17, 15) is 8.42 Å². The van der Waals surface area contributed by atoms with Crippen molar-refractivity contribution in [1.29, 1.82) is 0 Å². The molecule has 102 valence electrons. The van der Waals surface area contributed by atoms with Gasteiger partial charge in [0.05, 0.1) is 22.4 Å². The normalized spacial score (nSPS) is 13.3. The lowest BCUT2D eigenvalue weighted by molar-refractivity contribution is 0.189. The second-order valence-electron chi connectivity index (χ2n) is 4.02. The third kappa shape index (κ3) is 3.86. The third-order valence-electron chi connectivity index (χ3n) is 2.48. The number of nitrogens with two attached hydrogens (primary N) is 1. The summed E-state index contributed by atoms with van der Waals surface area (Å²) >= 11 is 0. The number of aliphatic hydroxyl groups excluding tert-OH is 1. The maximum absolute atomic E-state index is 11.6. The topological polar surface area (TPSA) is 104 Å². The first-order valence-electron chi connectivity index (χ1n) is 5.62. The molecule has 0 bridgehead atoms. The van der Waals surface area contributed by atoms with Crippen LogP contribution in [0.15, 0.2) is 23.1 Å². The van der Waals surface area contributed by atoms with E-state index < -0.39 is 16.1 Å². The molecule has 7 heteroatoms. The predicted octanol–water partition coefficient (Wildman–Crippen LogP) is 0.360. The summed E-state index contributed by atoms with van der Waals surface area (Å²) in [5, 5.41) is 12.1. The number of sulfonamides is 1. The van der Waals surface area contributed by atoms with Crippen LogP contribution in [0.2, 0.25) is 0 Å². The Labute approximate surface area is 107 Å². The molecule has 0 fully saturated rings. The van der Waals surface area contributed by atoms with Crippen LogP contribution in [0.5, 0.6) is 0 Å². The number of rotatable bonds is 6. The molecule has 0 spiro atoms. The Morgan fingerprint density at radius 3 is 2.67 bits per heavy atom. The molecule has 0 aliphatic heterocycles. The lowest BCUT2D eigenvalue weighted by Gasteiger charge is -2.12. The van der Waals surface area contributed by atoms with Gasteiger partial charge in [-0.2, -0.15) is 0 Å². The molecule has 0 saturated carbocycles. The van der Waals surface area contributed by atoms with Crippen LogP contribution in [0, 0.1) is 0 Å². The quantitative estimate of drug-likeness (QED) is 0.560. The zero-order valence-electron chi connectivity index (χ0n) is 10.5. The fourth-order valence-corrected chi connectivity index (χ4v) is 2.15. The number of hydrogen-bond donors (Lipinski definition) is 4. The van der Waals surface area contributed by atoms with Gasteiger partial charge >= 0.3 is 0 Å². The maximum Gasteiger partial charge on any atom is 0.240 e. The minimum Gasteiger partial charge on any atom is -0.397 e. The highest BCUT2D eigenvalue weighted by atomic mass is 32.2. The minimum atomic E-state index is -3.47. The molecule has 5 N–H and O–H groups in total. The standard InChI is InChI=1S/C11H19N3O3S/c1-8(15)5-6-14-11-7-9(3-4-10(11)12)18(16,17)13-2/h3-4,7-8,13-15H,5-6,12H2,1-2H3. The van der Waals surface area contributed by atoms with Crippen molar-refractivity contribution in [3.63, 3.8) is 0 Å². The van der Waals surface area contributed by atoms with E-state index in [-0.39, 0.29) is 4.90 Å². The average Bonchev–Trinajstić information content (AvgIpc) is 2.31. The highest BCUT2D eigenvalue weighted by molar-refractivity contribution is 7.89. The molecule has 1 rings (SSSR count). The van der Waals surface area contributed by atoms with Crippen molar-refractivity contribution >= 4 is 21.4 Å². The third-order valence-corrected chi connectivity index (χ3v) is 3.89. The SMILES string of the molecule is CNS(=O)(=O)c1ccc(N)c(NCCC(C)O)c1. The molecule has 0 radical (unpaired) electrons. The Hall–Kier alpha value is -1.31. The second-order valence-corrected chi connectivity index (χ2v) is 5.91. The van der Waals surface area contributed by atoms with Crippen molar-refractivity contribution in [1.82, 2.24) is 4.72 Å². The molecule has 0 aliphatic carbocycles. The molecule has 0 heterocycles. The van der Waals surface area contributed by atoms with E-state index in [4.69, 9.17) is 10.8 Å². The Kier molecular flexibility index (Phi) is 4.94. The zero-order chi connectivity index (χ0) is 13.8. The van der Waals surface area contributed by atoms with Gasteiger partial charge in [-0.05, 0) is 38.6 Å². The van der Waals surface area contributed by atoms with Gasteiger partial charge in [0.1, 0.15) is 0 Å². The summed E-state index contributed by atoms with van der Waals surface area (Å²) in [5.74, 6) is 0. The molecule has 1 atom stereocenters. The van der Waals surface area contributed by atoms with Crippen LogP contribution >= 0.6 is 0 Å². The summed E-state index contributed by atoms with van der Waals surface area (Å²) in [7, 11) is -2.12. The fraction of sp³-hybridized carbons (Fsp3) is 0.455. The first kappa shape index (κ1) is 14.7. The van der Waals surface area contributed by atoms with Gasteiger partial charge in [0.15, 0.2) is 0 Å². The van der Waals surface area contributed by atoms with E-state index in [1.807, 2.05) is 0 Å². The largest absolute Gasteiger partial charge is 0.397 e. The highest BCUT2D eigenvalue weighted by Crippen LogP contribution is 2.22. The van der Waals surface area contributed by atoms with Crippen LogP contribution in [0.4, 0.5) is 11.4 Å². The van der Waals surface area contributed by atoms with Gasteiger partial charge < -0.3 is 16.2 Å². The van der Waals surface area contributed by atoms with Crippen LogP contribution in [0.3, 0.4) is 0 Å². The molecule has 1 unspecified atom stereocenters. The van der Waals surface area contributed by atoms with Crippen molar-refractivity contribution in [2.45, 2.75) is 24.3 Å². The van der Waals surface area contributed by atoms with Crippen LogP contribution in [0.1, 0.15) is 13.3 Å². The van der Waals surface area contributed by atoms with Crippen LogP contribution < -0.4 is 15.8 Å². The second kappa shape index (κ2) is 6.03. The lowest BCUT2D eigenvalue weighted by atomic mass is 10.2. The summed E-state index contributed by atoms with van der Waals surface area (Å²) < 4.78 is 25.5. The molecular weight excluding hydrogens is 254 g/mol. The minimum absolute atomic E-state index is 0.152. The van der Waals surface area contributed by atoms with Crippen molar-refractivity contribution < 1.29 is 13.5 Å². The first-order valence-corrected chi connectivity index (χ1v) is 7.10. The van der Waals surface area contributed by atoms with Crippen molar-refractivity contribution in [2.24, 2.45) is 0 Å². The van der Waals surface area contributed by atoms with Crippen molar-refractivity contribution in [3.05, 3.63) is 18.2 Å². The molecule has 0 saturated heterocycles. The molecule has 1 aromatic rings. The summed E-state index contributed by atoms with van der Waals surface area (Å²) in [5.41, 5.74) is 6.77. The number of benzene rings is 1. The average molecular weight is 273 g/mol. The Bertz CT molecular complexity index is 500. The van der Waals surface area contributed by atoms with Crippen LogP contribution in [-0.2, 0) is 10.0 Å². The van der Waals surface area contributed by atoms with E-state index in [0.717, 1.165) is 0 Å². The first-order chi connectivity index (χ1) is 8.36. The molecule has 1 aromatic carbocycles. The molecule has 0 amide bonds. The molecule has 6 nitrogen and oxygen atoms in total. The fourth-order valence-electron chi connectivity index (χ4n) is 1.39. The van der Waals surface area contributed by atoms with Gasteiger partial charge in [0, 0.05) is 6.54 Å². The summed E-state index contributed by atoms with van der Waals surface area (Å²) in [6.07, 6.45) is 0.144. The smallest absolute Gasteiger partial charge is 0.240 e. The Morgan fingerprint density at radius 2 is 2.11 bits per heavy atom. The molecule has 0 aromatic heterocycles. The monoisotopic (exact) mass is 273 g/mol.